The van der Waals surface area contributed by atoms with Gasteiger partial charge in [-0.2, -0.15) is 13.2 Å². The predicted octanol–water partition coefficient (Wildman–Crippen LogP) is 3.92. The van der Waals surface area contributed by atoms with E-state index < -0.39 is 29.2 Å². The zero-order chi connectivity index (χ0) is 14.9. The minimum absolute atomic E-state index is 0.252. The molecule has 0 aromatic heterocycles. The minimum Gasteiger partial charge on any atom is -0.381 e. The van der Waals surface area contributed by atoms with Crippen LogP contribution in [0, 0.1) is 11.7 Å². The first-order valence-electron chi connectivity index (χ1n) is 6.20. The molecular formula is C13H14ClF4NO. The summed E-state index contributed by atoms with van der Waals surface area (Å²) in [5.41, 5.74) is 4.28. The fourth-order valence-corrected chi connectivity index (χ4v) is 2.61. The van der Waals surface area contributed by atoms with Gasteiger partial charge in [-0.15, -0.1) is 0 Å². The molecule has 1 aliphatic rings. The first-order valence-corrected chi connectivity index (χ1v) is 6.58. The first kappa shape index (κ1) is 15.5. The Hall–Kier alpha value is -0.850. The van der Waals surface area contributed by atoms with Crippen molar-refractivity contribution in [3.8, 4) is 0 Å². The zero-order valence-electron chi connectivity index (χ0n) is 10.5. The maximum Gasteiger partial charge on any atom is 0.416 e. The summed E-state index contributed by atoms with van der Waals surface area (Å²) in [5.74, 6) is -1.33. The maximum absolute atomic E-state index is 14.1. The average molecular weight is 312 g/mol. The molecule has 2 rings (SSSR count). The standard InChI is InChI=1S/C13H14ClF4NO/c14-9-2-1-8(13(16,17)18)10(11(9)15)12(19)7-3-5-20-6-4-7/h1-2,7,12H,3-6,19H2/t12-/m1/s1. The molecule has 0 bridgehead atoms. The van der Waals surface area contributed by atoms with Crippen molar-refractivity contribution in [1.29, 1.82) is 0 Å². The zero-order valence-corrected chi connectivity index (χ0v) is 11.3. The molecule has 2 nitrogen and oxygen atoms in total. The van der Waals surface area contributed by atoms with Gasteiger partial charge in [-0.1, -0.05) is 11.6 Å². The smallest absolute Gasteiger partial charge is 0.381 e. The highest BCUT2D eigenvalue weighted by molar-refractivity contribution is 6.30. The van der Waals surface area contributed by atoms with Gasteiger partial charge in [-0.05, 0) is 30.9 Å². The van der Waals surface area contributed by atoms with Crippen molar-refractivity contribution in [3.05, 3.63) is 34.1 Å². The Morgan fingerprint density at radius 2 is 1.85 bits per heavy atom. The molecule has 1 aliphatic heterocycles. The van der Waals surface area contributed by atoms with Gasteiger partial charge >= 0.3 is 6.18 Å². The third-order valence-electron chi connectivity index (χ3n) is 3.55. The van der Waals surface area contributed by atoms with Crippen LogP contribution in [0.25, 0.3) is 0 Å². The highest BCUT2D eigenvalue weighted by Crippen LogP contribution is 2.40. The molecule has 1 heterocycles. The Bertz CT molecular complexity index is 486. The van der Waals surface area contributed by atoms with Crippen LogP contribution in [0.3, 0.4) is 0 Å². The summed E-state index contributed by atoms with van der Waals surface area (Å²) in [7, 11) is 0. The third kappa shape index (κ3) is 3.07. The van der Waals surface area contributed by atoms with Crippen LogP contribution < -0.4 is 5.73 Å². The van der Waals surface area contributed by atoms with Crippen LogP contribution >= 0.6 is 11.6 Å². The number of hydrogen-bond donors (Lipinski definition) is 1. The van der Waals surface area contributed by atoms with Crippen molar-refractivity contribution in [2.45, 2.75) is 25.1 Å². The minimum atomic E-state index is -4.66. The number of benzene rings is 1. The fraction of sp³-hybridized carbons (Fsp3) is 0.538. The van der Waals surface area contributed by atoms with E-state index in [2.05, 4.69) is 0 Å². The summed E-state index contributed by atoms with van der Waals surface area (Å²) < 4.78 is 58.2. The van der Waals surface area contributed by atoms with Crippen LogP contribution in [-0.4, -0.2) is 13.2 Å². The molecule has 0 radical (unpaired) electrons. The van der Waals surface area contributed by atoms with E-state index in [9.17, 15) is 17.6 Å². The first-order chi connectivity index (χ1) is 9.32. The molecule has 112 valence electrons. The largest absolute Gasteiger partial charge is 0.416 e. The van der Waals surface area contributed by atoms with Crippen molar-refractivity contribution in [2.24, 2.45) is 11.7 Å². The number of ether oxygens (including phenoxy) is 1. The molecule has 1 saturated heterocycles. The van der Waals surface area contributed by atoms with Crippen LogP contribution in [0.4, 0.5) is 17.6 Å². The van der Waals surface area contributed by atoms with Gasteiger partial charge in [0, 0.05) is 24.8 Å². The Labute approximate surface area is 118 Å². The lowest BCUT2D eigenvalue weighted by molar-refractivity contribution is -0.138. The third-order valence-corrected chi connectivity index (χ3v) is 3.84. The molecule has 2 N–H and O–H groups in total. The Balaban J connectivity index is 2.44. The average Bonchev–Trinajstić information content (AvgIpc) is 2.40. The van der Waals surface area contributed by atoms with Crippen LogP contribution in [0.2, 0.25) is 5.02 Å². The van der Waals surface area contributed by atoms with Crippen LogP contribution in [0.15, 0.2) is 12.1 Å². The molecule has 1 atom stereocenters. The normalized spacial score (nSPS) is 19.1. The van der Waals surface area contributed by atoms with Crippen LogP contribution in [-0.2, 0) is 10.9 Å². The maximum atomic E-state index is 14.1. The summed E-state index contributed by atoms with van der Waals surface area (Å²) >= 11 is 5.60. The van der Waals surface area contributed by atoms with Gasteiger partial charge < -0.3 is 10.5 Å². The Morgan fingerprint density at radius 3 is 2.40 bits per heavy atom. The predicted molar refractivity (Wildman–Crippen MR) is 66.9 cm³/mol. The topological polar surface area (TPSA) is 35.2 Å². The van der Waals surface area contributed by atoms with E-state index in [0.717, 1.165) is 12.1 Å². The quantitative estimate of drug-likeness (QED) is 0.840. The van der Waals surface area contributed by atoms with E-state index in [4.69, 9.17) is 22.1 Å². The van der Waals surface area contributed by atoms with Crippen LogP contribution in [0.1, 0.15) is 30.0 Å². The van der Waals surface area contributed by atoms with Crippen LogP contribution in [0.5, 0.6) is 0 Å². The molecular weight excluding hydrogens is 298 g/mol. The van der Waals surface area contributed by atoms with Crippen molar-refractivity contribution >= 4 is 11.6 Å². The number of nitrogens with two attached hydrogens (primary N) is 1. The second-order valence-corrected chi connectivity index (χ2v) is 5.20. The second kappa shape index (κ2) is 5.87. The highest BCUT2D eigenvalue weighted by atomic mass is 35.5. The molecule has 7 heteroatoms. The number of alkyl halides is 3. The van der Waals surface area contributed by atoms with E-state index in [1.165, 1.54) is 0 Å². The Morgan fingerprint density at radius 1 is 1.25 bits per heavy atom. The van der Waals surface area contributed by atoms with Gasteiger partial charge in [0.2, 0.25) is 0 Å². The molecule has 0 saturated carbocycles. The van der Waals surface area contributed by atoms with Gasteiger partial charge in [0.25, 0.3) is 0 Å². The molecule has 0 aliphatic carbocycles. The molecule has 20 heavy (non-hydrogen) atoms. The van der Waals surface area contributed by atoms with Crippen molar-refractivity contribution < 1.29 is 22.3 Å². The van der Waals surface area contributed by atoms with E-state index >= 15 is 0 Å². The van der Waals surface area contributed by atoms with Crippen molar-refractivity contribution in [2.75, 3.05) is 13.2 Å². The number of rotatable bonds is 2. The molecule has 0 spiro atoms. The lowest BCUT2D eigenvalue weighted by Crippen LogP contribution is -2.30. The molecule has 1 aromatic rings. The monoisotopic (exact) mass is 311 g/mol. The van der Waals surface area contributed by atoms with E-state index in [-0.39, 0.29) is 10.9 Å². The Kier molecular flexibility index (Phi) is 4.56. The second-order valence-electron chi connectivity index (χ2n) is 4.80. The summed E-state index contributed by atoms with van der Waals surface area (Å²) in [6.45, 7) is 0.837. The SMILES string of the molecule is N[C@@H](c1c(C(F)(F)F)ccc(Cl)c1F)C1CCOCC1. The molecule has 1 aromatic carbocycles. The van der Waals surface area contributed by atoms with Gasteiger partial charge in [0.1, 0.15) is 5.82 Å². The summed E-state index contributed by atoms with van der Waals surface area (Å²) in [4.78, 5) is 0. The number of halogens is 5. The molecule has 0 unspecified atom stereocenters. The van der Waals surface area contributed by atoms with E-state index in [1.54, 1.807) is 0 Å². The molecule has 1 fully saturated rings. The van der Waals surface area contributed by atoms with E-state index in [0.29, 0.717) is 26.1 Å². The van der Waals surface area contributed by atoms with Gasteiger partial charge in [-0.25, -0.2) is 4.39 Å². The lowest BCUT2D eigenvalue weighted by atomic mass is 9.85. The summed E-state index contributed by atoms with van der Waals surface area (Å²) in [6.07, 6.45) is -3.65. The summed E-state index contributed by atoms with van der Waals surface area (Å²) in [5, 5.41) is -0.351. The summed E-state index contributed by atoms with van der Waals surface area (Å²) in [6, 6.07) is 0.633. The van der Waals surface area contributed by atoms with Gasteiger partial charge in [0.15, 0.2) is 0 Å². The number of hydrogen-bond acceptors (Lipinski definition) is 2. The highest BCUT2D eigenvalue weighted by Gasteiger charge is 2.38. The van der Waals surface area contributed by atoms with Crippen molar-refractivity contribution in [3.63, 3.8) is 0 Å². The van der Waals surface area contributed by atoms with Gasteiger partial charge in [-0.3, -0.25) is 0 Å². The van der Waals surface area contributed by atoms with Crippen molar-refractivity contribution in [1.82, 2.24) is 0 Å². The lowest BCUT2D eigenvalue weighted by Gasteiger charge is -2.29. The van der Waals surface area contributed by atoms with Gasteiger partial charge in [0.05, 0.1) is 10.6 Å². The molecule has 0 amide bonds. The van der Waals surface area contributed by atoms with E-state index in [1.807, 2.05) is 0 Å². The fourth-order valence-electron chi connectivity index (χ4n) is 2.45.